The number of nitrogens with one attached hydrogen (secondary N) is 1. The second-order valence-corrected chi connectivity index (χ2v) is 9.10. The smallest absolute Gasteiger partial charge is 0.262 e. The lowest BCUT2D eigenvalue weighted by molar-refractivity contribution is -0.118. The fourth-order valence-corrected chi connectivity index (χ4v) is 5.49. The zero-order chi connectivity index (χ0) is 21.0. The largest absolute Gasteiger partial charge is 0.481 e. The molecular weight excluding hydrogens is 395 g/mol. The van der Waals surface area contributed by atoms with Crippen molar-refractivity contribution in [3.63, 3.8) is 0 Å². The van der Waals surface area contributed by atoms with Crippen molar-refractivity contribution < 1.29 is 22.3 Å². The molecule has 2 aromatic rings. The molecule has 0 aromatic heterocycles. The average Bonchev–Trinajstić information content (AvgIpc) is 2.67. The number of carbonyl (C=O) groups excluding carboxylic acids is 1. The van der Waals surface area contributed by atoms with Gasteiger partial charge in [0, 0.05) is 17.8 Å². The molecule has 1 amide bonds. The van der Waals surface area contributed by atoms with E-state index < -0.39 is 21.7 Å². The Balaban J connectivity index is 1.63. The molecule has 2 aromatic carbocycles. The molecule has 6 nitrogen and oxygen atoms in total. The number of amides is 1. The molecule has 2 atom stereocenters. The van der Waals surface area contributed by atoms with Crippen LogP contribution in [-0.2, 0) is 14.8 Å². The summed E-state index contributed by atoms with van der Waals surface area (Å²) in [5, 5.41) is 2.61. The minimum Gasteiger partial charge on any atom is -0.481 e. The van der Waals surface area contributed by atoms with Crippen molar-refractivity contribution >= 4 is 21.6 Å². The molecule has 1 saturated heterocycles. The number of benzene rings is 2. The van der Waals surface area contributed by atoms with E-state index in [0.29, 0.717) is 5.69 Å². The first kappa shape index (κ1) is 21.3. The van der Waals surface area contributed by atoms with Gasteiger partial charge in [-0.1, -0.05) is 18.6 Å². The van der Waals surface area contributed by atoms with Crippen LogP contribution in [0.25, 0.3) is 0 Å². The van der Waals surface area contributed by atoms with E-state index in [-0.39, 0.29) is 29.3 Å². The first-order valence-corrected chi connectivity index (χ1v) is 11.0. The number of rotatable bonds is 6. The second-order valence-electron chi connectivity index (χ2n) is 7.26. The molecule has 3 rings (SSSR count). The SMILES string of the molecule is C[C@H]1CCC[C@H](C)N1S(=O)(=O)c1ccc(NC(=O)COc2ccccc2F)cc1. The third-order valence-corrected chi connectivity index (χ3v) is 7.16. The van der Waals surface area contributed by atoms with E-state index in [1.807, 2.05) is 13.8 Å². The average molecular weight is 421 g/mol. The third kappa shape index (κ3) is 4.94. The Hall–Kier alpha value is -2.45. The van der Waals surface area contributed by atoms with Gasteiger partial charge in [-0.15, -0.1) is 0 Å². The summed E-state index contributed by atoms with van der Waals surface area (Å²) in [5.74, 6) is -1.02. The van der Waals surface area contributed by atoms with Crippen LogP contribution in [0.3, 0.4) is 0 Å². The topological polar surface area (TPSA) is 75.7 Å². The predicted molar refractivity (Wildman–Crippen MR) is 109 cm³/mol. The number of anilines is 1. The van der Waals surface area contributed by atoms with E-state index in [1.54, 1.807) is 10.4 Å². The molecule has 0 unspecified atom stereocenters. The van der Waals surface area contributed by atoms with Crippen molar-refractivity contribution in [2.75, 3.05) is 11.9 Å². The second kappa shape index (κ2) is 8.92. The molecule has 8 heteroatoms. The van der Waals surface area contributed by atoms with Gasteiger partial charge in [0.1, 0.15) is 0 Å². The maximum atomic E-state index is 13.5. The molecule has 1 aliphatic rings. The van der Waals surface area contributed by atoms with Crippen molar-refractivity contribution in [3.8, 4) is 5.75 Å². The number of hydrogen-bond acceptors (Lipinski definition) is 4. The molecule has 1 aliphatic heterocycles. The summed E-state index contributed by atoms with van der Waals surface area (Å²) in [6, 6.07) is 11.8. The maximum Gasteiger partial charge on any atom is 0.262 e. The number of halogens is 1. The van der Waals surface area contributed by atoms with Crippen LogP contribution < -0.4 is 10.1 Å². The molecule has 1 fully saturated rings. The van der Waals surface area contributed by atoms with Crippen LogP contribution in [0, 0.1) is 5.82 Å². The highest BCUT2D eigenvalue weighted by Gasteiger charge is 2.35. The molecule has 0 spiro atoms. The summed E-state index contributed by atoms with van der Waals surface area (Å²) in [5.41, 5.74) is 0.436. The van der Waals surface area contributed by atoms with Crippen molar-refractivity contribution in [2.24, 2.45) is 0 Å². The number of carbonyl (C=O) groups is 1. The number of sulfonamides is 1. The highest BCUT2D eigenvalue weighted by molar-refractivity contribution is 7.89. The van der Waals surface area contributed by atoms with Crippen LogP contribution in [0.15, 0.2) is 53.4 Å². The molecule has 0 radical (unpaired) electrons. The summed E-state index contributed by atoms with van der Waals surface area (Å²) in [4.78, 5) is 12.2. The van der Waals surface area contributed by atoms with Crippen LogP contribution in [0.2, 0.25) is 0 Å². The van der Waals surface area contributed by atoms with Gasteiger partial charge in [0.15, 0.2) is 18.2 Å². The van der Waals surface area contributed by atoms with E-state index in [0.717, 1.165) is 19.3 Å². The van der Waals surface area contributed by atoms with E-state index in [2.05, 4.69) is 5.32 Å². The van der Waals surface area contributed by atoms with Crippen LogP contribution in [0.5, 0.6) is 5.75 Å². The summed E-state index contributed by atoms with van der Waals surface area (Å²) < 4.78 is 46.3. The molecular formula is C21H25FN2O4S. The molecule has 1 N–H and O–H groups in total. The lowest BCUT2D eigenvalue weighted by Gasteiger charge is -2.37. The fraction of sp³-hybridized carbons (Fsp3) is 0.381. The van der Waals surface area contributed by atoms with Gasteiger partial charge in [0.05, 0.1) is 4.90 Å². The fourth-order valence-electron chi connectivity index (χ4n) is 3.61. The Morgan fingerprint density at radius 2 is 1.72 bits per heavy atom. The number of hydrogen-bond donors (Lipinski definition) is 1. The van der Waals surface area contributed by atoms with Gasteiger partial charge in [-0.2, -0.15) is 4.31 Å². The first-order chi connectivity index (χ1) is 13.8. The highest BCUT2D eigenvalue weighted by Crippen LogP contribution is 2.30. The van der Waals surface area contributed by atoms with Crippen LogP contribution in [-0.4, -0.2) is 37.3 Å². The minimum atomic E-state index is -3.60. The van der Waals surface area contributed by atoms with Gasteiger partial charge in [0.2, 0.25) is 10.0 Å². The van der Waals surface area contributed by atoms with Crippen molar-refractivity contribution in [1.29, 1.82) is 0 Å². The molecule has 1 heterocycles. The number of para-hydroxylation sites is 1. The number of ether oxygens (including phenoxy) is 1. The quantitative estimate of drug-likeness (QED) is 0.771. The summed E-state index contributed by atoms with van der Waals surface area (Å²) in [6.07, 6.45) is 2.72. The van der Waals surface area contributed by atoms with Crippen LogP contribution >= 0.6 is 0 Å². The summed E-state index contributed by atoms with van der Waals surface area (Å²) >= 11 is 0. The van der Waals surface area contributed by atoms with E-state index in [1.165, 1.54) is 42.5 Å². The molecule has 0 saturated carbocycles. The molecule has 156 valence electrons. The van der Waals surface area contributed by atoms with Crippen molar-refractivity contribution in [3.05, 3.63) is 54.3 Å². The highest BCUT2D eigenvalue weighted by atomic mass is 32.2. The Bertz CT molecular complexity index is 953. The van der Waals surface area contributed by atoms with Crippen LogP contribution in [0.1, 0.15) is 33.1 Å². The van der Waals surface area contributed by atoms with E-state index >= 15 is 0 Å². The van der Waals surface area contributed by atoms with Gasteiger partial charge in [-0.05, 0) is 63.1 Å². The zero-order valence-corrected chi connectivity index (χ0v) is 17.3. The minimum absolute atomic E-state index is 0.00568. The zero-order valence-electron chi connectivity index (χ0n) is 16.5. The van der Waals surface area contributed by atoms with Gasteiger partial charge < -0.3 is 10.1 Å². The maximum absolute atomic E-state index is 13.5. The lowest BCUT2D eigenvalue weighted by atomic mass is 10.0. The van der Waals surface area contributed by atoms with Crippen molar-refractivity contribution in [1.82, 2.24) is 4.31 Å². The van der Waals surface area contributed by atoms with Crippen LogP contribution in [0.4, 0.5) is 10.1 Å². The van der Waals surface area contributed by atoms with Gasteiger partial charge in [-0.3, -0.25) is 4.79 Å². The Labute approximate surface area is 170 Å². The predicted octanol–water partition coefficient (Wildman–Crippen LogP) is 3.79. The standard InChI is InChI=1S/C21H25FN2O4S/c1-15-6-5-7-16(2)24(15)29(26,27)18-12-10-17(11-13-18)23-21(25)14-28-20-9-4-3-8-19(20)22/h3-4,8-13,15-16H,5-7,14H2,1-2H3,(H,23,25)/t15-,16-/m0/s1. The van der Waals surface area contributed by atoms with Crippen molar-refractivity contribution in [2.45, 2.75) is 50.1 Å². The summed E-state index contributed by atoms with van der Waals surface area (Å²) in [7, 11) is -3.60. The number of piperidine rings is 1. The monoisotopic (exact) mass is 420 g/mol. The Morgan fingerprint density at radius 3 is 2.34 bits per heavy atom. The van der Waals surface area contributed by atoms with E-state index in [4.69, 9.17) is 4.74 Å². The first-order valence-electron chi connectivity index (χ1n) is 9.60. The Kier molecular flexibility index (Phi) is 6.54. The Morgan fingerprint density at radius 1 is 1.10 bits per heavy atom. The third-order valence-electron chi connectivity index (χ3n) is 5.02. The molecule has 0 bridgehead atoms. The lowest BCUT2D eigenvalue weighted by Crippen LogP contribution is -2.47. The molecule has 0 aliphatic carbocycles. The molecule has 29 heavy (non-hydrogen) atoms. The summed E-state index contributed by atoms with van der Waals surface area (Å²) in [6.45, 7) is 3.50. The van der Waals surface area contributed by atoms with Gasteiger partial charge in [0.25, 0.3) is 5.91 Å². The van der Waals surface area contributed by atoms with E-state index in [9.17, 15) is 17.6 Å². The normalized spacial score (nSPS) is 20.2. The number of nitrogens with zero attached hydrogens (tertiary/aromatic N) is 1. The van der Waals surface area contributed by atoms with Gasteiger partial charge in [-0.25, -0.2) is 12.8 Å². The van der Waals surface area contributed by atoms with Gasteiger partial charge >= 0.3 is 0 Å².